The quantitative estimate of drug-likeness (QED) is 0.283. The number of rotatable bonds is 8. The van der Waals surface area contributed by atoms with Crippen LogP contribution in [0.15, 0.2) is 59.6 Å². The summed E-state index contributed by atoms with van der Waals surface area (Å²) in [5.74, 6) is 1.12. The molecule has 10 heteroatoms. The number of nitrogens with zero attached hydrogens (tertiary/aromatic N) is 4. The number of hydrogen-bond donors (Lipinski definition) is 1. The number of nitro groups is 1. The minimum absolute atomic E-state index is 0.118. The second kappa shape index (κ2) is 9.57. The fourth-order valence-electron chi connectivity index (χ4n) is 3.58. The lowest BCUT2D eigenvalue weighted by molar-refractivity contribution is -0.384. The summed E-state index contributed by atoms with van der Waals surface area (Å²) in [6.45, 7) is 5.90. The second-order valence-corrected chi connectivity index (χ2v) is 7.85. The van der Waals surface area contributed by atoms with Gasteiger partial charge in [-0.25, -0.2) is 4.98 Å². The molecule has 34 heavy (non-hydrogen) atoms. The van der Waals surface area contributed by atoms with E-state index in [1.54, 1.807) is 50.8 Å². The Balaban J connectivity index is 1.56. The summed E-state index contributed by atoms with van der Waals surface area (Å²) in [4.78, 5) is 27.4. The van der Waals surface area contributed by atoms with E-state index in [0.717, 1.165) is 5.56 Å². The van der Waals surface area contributed by atoms with Crippen LogP contribution in [0.4, 0.5) is 11.4 Å². The van der Waals surface area contributed by atoms with Crippen molar-refractivity contribution in [2.45, 2.75) is 33.7 Å². The van der Waals surface area contributed by atoms with Gasteiger partial charge < -0.3 is 19.1 Å². The highest BCUT2D eigenvalue weighted by molar-refractivity contribution is 5.91. The average molecular weight is 461 g/mol. The lowest BCUT2D eigenvalue weighted by atomic mass is 10.0. The van der Waals surface area contributed by atoms with Gasteiger partial charge in [0.1, 0.15) is 17.3 Å². The maximum absolute atomic E-state index is 12.4. The Kier molecular flexibility index (Phi) is 6.39. The number of carbonyl (C=O) groups is 1. The van der Waals surface area contributed by atoms with Crippen LogP contribution in [0.1, 0.15) is 23.4 Å². The molecule has 10 nitrogen and oxygen atoms in total. The fraction of sp³-hybridized carbons (Fsp3) is 0.208. The third kappa shape index (κ3) is 5.12. The molecule has 1 N–H and O–H groups in total. The van der Waals surface area contributed by atoms with Crippen molar-refractivity contribution in [1.82, 2.24) is 14.7 Å². The van der Waals surface area contributed by atoms with Gasteiger partial charge in [0, 0.05) is 48.7 Å². The molecular weight excluding hydrogens is 438 g/mol. The first kappa shape index (κ1) is 22.7. The average Bonchev–Trinajstić information content (AvgIpc) is 3.44. The summed E-state index contributed by atoms with van der Waals surface area (Å²) >= 11 is 0. The molecule has 0 aliphatic heterocycles. The number of non-ortho nitro benzene ring substituents is 1. The molecule has 0 aliphatic rings. The van der Waals surface area contributed by atoms with Crippen LogP contribution in [0.5, 0.6) is 11.5 Å². The Morgan fingerprint density at radius 3 is 2.68 bits per heavy atom. The van der Waals surface area contributed by atoms with Gasteiger partial charge in [-0.2, -0.15) is 0 Å². The standard InChI is InChI=1S/C24H23N5O5/c1-15-4-5-20(13-22(15)26-23(30)6-8-28-9-7-25-14-28)33-21-11-18(10-19(12-21)29(31)32)24-16(2)27-34-17(24)3/h4-5,7,9-14H,6,8H2,1-3H3,(H,26,30). The van der Waals surface area contributed by atoms with Crippen LogP contribution in [-0.2, 0) is 11.3 Å². The molecule has 1 amide bonds. The van der Waals surface area contributed by atoms with Crippen molar-refractivity contribution in [1.29, 1.82) is 0 Å². The van der Waals surface area contributed by atoms with Crippen LogP contribution in [0, 0.1) is 30.9 Å². The van der Waals surface area contributed by atoms with Crippen molar-refractivity contribution in [3.63, 3.8) is 0 Å². The second-order valence-electron chi connectivity index (χ2n) is 7.85. The largest absolute Gasteiger partial charge is 0.457 e. The first-order valence-corrected chi connectivity index (χ1v) is 10.6. The van der Waals surface area contributed by atoms with Gasteiger partial charge in [-0.05, 0) is 44.0 Å². The molecule has 0 atom stereocenters. The Bertz CT molecular complexity index is 1320. The van der Waals surface area contributed by atoms with E-state index in [-0.39, 0.29) is 23.8 Å². The van der Waals surface area contributed by atoms with Crippen molar-refractivity contribution in [3.8, 4) is 22.6 Å². The smallest absolute Gasteiger partial charge is 0.273 e. The number of benzene rings is 2. The van der Waals surface area contributed by atoms with Crippen molar-refractivity contribution in [2.24, 2.45) is 0 Å². The van der Waals surface area contributed by atoms with Gasteiger partial charge in [0.15, 0.2) is 0 Å². The highest BCUT2D eigenvalue weighted by Gasteiger charge is 2.18. The summed E-state index contributed by atoms with van der Waals surface area (Å²) in [6.07, 6.45) is 5.40. The molecule has 4 rings (SSSR count). The van der Waals surface area contributed by atoms with Crippen molar-refractivity contribution >= 4 is 17.3 Å². The van der Waals surface area contributed by atoms with Crippen LogP contribution >= 0.6 is 0 Å². The predicted molar refractivity (Wildman–Crippen MR) is 125 cm³/mol. The van der Waals surface area contributed by atoms with Gasteiger partial charge in [-0.15, -0.1) is 0 Å². The minimum Gasteiger partial charge on any atom is -0.457 e. The van der Waals surface area contributed by atoms with E-state index in [1.165, 1.54) is 12.1 Å². The highest BCUT2D eigenvalue weighted by atomic mass is 16.6. The molecule has 0 bridgehead atoms. The molecule has 2 heterocycles. The number of anilines is 1. The zero-order chi connectivity index (χ0) is 24.2. The van der Waals surface area contributed by atoms with Crippen LogP contribution < -0.4 is 10.1 Å². The number of imidazole rings is 1. The van der Waals surface area contributed by atoms with Crippen molar-refractivity contribution < 1.29 is 19.0 Å². The summed E-state index contributed by atoms with van der Waals surface area (Å²) < 4.78 is 13.0. The van der Waals surface area contributed by atoms with Crippen LogP contribution in [0.3, 0.4) is 0 Å². The van der Waals surface area contributed by atoms with E-state index in [9.17, 15) is 14.9 Å². The van der Waals surface area contributed by atoms with Gasteiger partial charge in [0.05, 0.1) is 23.0 Å². The van der Waals surface area contributed by atoms with Gasteiger partial charge in [-0.1, -0.05) is 11.2 Å². The maximum Gasteiger partial charge on any atom is 0.273 e. The van der Waals surface area contributed by atoms with Crippen LogP contribution in [0.2, 0.25) is 0 Å². The molecule has 174 valence electrons. The molecule has 0 saturated heterocycles. The SMILES string of the molecule is Cc1ccc(Oc2cc(-c3c(C)noc3C)cc([N+](=O)[O-])c2)cc1NC(=O)CCn1ccnc1. The number of nitro benzene ring substituents is 1. The molecular formula is C24H23N5O5. The number of carbonyl (C=O) groups excluding carboxylic acids is 1. The van der Waals surface area contributed by atoms with E-state index in [1.807, 2.05) is 17.6 Å². The summed E-state index contributed by atoms with van der Waals surface area (Å²) in [7, 11) is 0. The van der Waals surface area contributed by atoms with Crippen LogP contribution in [0.25, 0.3) is 11.1 Å². The molecule has 2 aromatic carbocycles. The lowest BCUT2D eigenvalue weighted by Gasteiger charge is -2.12. The lowest BCUT2D eigenvalue weighted by Crippen LogP contribution is -2.14. The monoisotopic (exact) mass is 461 g/mol. The molecule has 0 fully saturated rings. The zero-order valence-electron chi connectivity index (χ0n) is 18.9. The third-order valence-electron chi connectivity index (χ3n) is 5.30. The molecule has 0 saturated carbocycles. The minimum atomic E-state index is -0.477. The zero-order valence-corrected chi connectivity index (χ0v) is 18.9. The Morgan fingerprint density at radius 1 is 1.18 bits per heavy atom. The van der Waals surface area contributed by atoms with E-state index >= 15 is 0 Å². The van der Waals surface area contributed by atoms with E-state index in [4.69, 9.17) is 9.26 Å². The van der Waals surface area contributed by atoms with Gasteiger partial charge in [0.25, 0.3) is 5.69 Å². The third-order valence-corrected chi connectivity index (χ3v) is 5.30. The van der Waals surface area contributed by atoms with Crippen molar-refractivity contribution in [2.75, 3.05) is 5.32 Å². The highest BCUT2D eigenvalue weighted by Crippen LogP contribution is 2.36. The van der Waals surface area contributed by atoms with E-state index < -0.39 is 4.92 Å². The Morgan fingerprint density at radius 2 is 2.00 bits per heavy atom. The summed E-state index contributed by atoms with van der Waals surface area (Å²) in [5.41, 5.74) is 3.22. The van der Waals surface area contributed by atoms with E-state index in [2.05, 4.69) is 15.5 Å². The molecule has 2 aromatic heterocycles. The molecule has 0 unspecified atom stereocenters. The number of aromatic nitrogens is 3. The predicted octanol–water partition coefficient (Wildman–Crippen LogP) is 5.19. The van der Waals surface area contributed by atoms with Gasteiger partial charge in [-0.3, -0.25) is 14.9 Å². The first-order chi connectivity index (χ1) is 16.3. The molecule has 0 aliphatic carbocycles. The van der Waals surface area contributed by atoms with Gasteiger partial charge in [0.2, 0.25) is 5.91 Å². The normalized spacial score (nSPS) is 10.8. The molecule has 0 radical (unpaired) electrons. The first-order valence-electron chi connectivity index (χ1n) is 10.6. The summed E-state index contributed by atoms with van der Waals surface area (Å²) in [6, 6.07) is 9.76. The van der Waals surface area contributed by atoms with Crippen LogP contribution in [-0.4, -0.2) is 25.5 Å². The Labute approximate surface area is 195 Å². The topological polar surface area (TPSA) is 125 Å². The van der Waals surface area contributed by atoms with E-state index in [0.29, 0.717) is 40.6 Å². The van der Waals surface area contributed by atoms with Crippen molar-refractivity contribution in [3.05, 3.63) is 82.3 Å². The fourth-order valence-corrected chi connectivity index (χ4v) is 3.58. The maximum atomic E-state index is 12.4. The number of nitrogens with one attached hydrogen (secondary N) is 1. The number of hydrogen-bond acceptors (Lipinski definition) is 7. The Hall–Kier alpha value is -4.47. The van der Waals surface area contributed by atoms with Gasteiger partial charge >= 0.3 is 0 Å². The number of amides is 1. The molecule has 4 aromatic rings. The number of ether oxygens (including phenoxy) is 1. The summed E-state index contributed by atoms with van der Waals surface area (Å²) in [5, 5.41) is 18.3. The number of aryl methyl sites for hydroxylation is 4. The molecule has 0 spiro atoms.